The molecule has 0 saturated heterocycles. The molecule has 1 saturated carbocycles. The number of carboxylic acids is 1. The highest BCUT2D eigenvalue weighted by molar-refractivity contribution is 5.87. The third kappa shape index (κ3) is 3.59. The molecule has 0 amide bonds. The largest absolute Gasteiger partial charge is 0.491 e. The molecular formula is C23H28N2O6. The Kier molecular flexibility index (Phi) is 5.51. The second-order valence-electron chi connectivity index (χ2n) is 8.85. The molecule has 8 heteroatoms. The average Bonchev–Trinajstić information content (AvgIpc) is 3.05. The molecule has 0 radical (unpaired) electrons. The van der Waals surface area contributed by atoms with Crippen molar-refractivity contribution in [2.45, 2.75) is 45.1 Å². The van der Waals surface area contributed by atoms with Gasteiger partial charge in [0.15, 0.2) is 11.2 Å². The van der Waals surface area contributed by atoms with Gasteiger partial charge in [-0.25, -0.2) is 9.78 Å². The molecule has 8 nitrogen and oxygen atoms in total. The summed E-state index contributed by atoms with van der Waals surface area (Å²) in [5.74, 6) is -0.213. The van der Waals surface area contributed by atoms with Crippen molar-refractivity contribution in [2.24, 2.45) is 5.41 Å². The van der Waals surface area contributed by atoms with Crippen LogP contribution in [0.5, 0.6) is 11.6 Å². The molecule has 1 N–H and O–H groups in total. The lowest BCUT2D eigenvalue weighted by molar-refractivity contribution is 0.0693. The maximum absolute atomic E-state index is 12.5. The smallest absolute Gasteiger partial charge is 0.341 e. The lowest BCUT2D eigenvalue weighted by Gasteiger charge is -2.39. The number of fused-ring (bicyclic) bond motifs is 6. The Hall–Kier alpha value is -2.87. The summed E-state index contributed by atoms with van der Waals surface area (Å²) in [5.41, 5.74) is 1.51. The van der Waals surface area contributed by atoms with Crippen LogP contribution in [0.4, 0.5) is 0 Å². The number of carbonyl (C=O) groups is 1. The van der Waals surface area contributed by atoms with E-state index in [1.807, 2.05) is 10.6 Å². The third-order valence-corrected chi connectivity index (χ3v) is 6.45. The fraction of sp³-hybridized carbons (Fsp3) is 0.522. The van der Waals surface area contributed by atoms with Gasteiger partial charge in [-0.3, -0.25) is 4.79 Å². The van der Waals surface area contributed by atoms with Crippen LogP contribution in [0.15, 0.2) is 23.1 Å². The van der Waals surface area contributed by atoms with Gasteiger partial charge in [-0.15, -0.1) is 0 Å². The van der Waals surface area contributed by atoms with Crippen molar-refractivity contribution in [1.82, 2.24) is 9.55 Å². The number of carboxylic acid groups (broad SMARTS) is 1. The summed E-state index contributed by atoms with van der Waals surface area (Å²) < 4.78 is 18.5. The normalized spacial score (nSPS) is 20.5. The van der Waals surface area contributed by atoms with E-state index in [1.54, 1.807) is 14.2 Å². The average molecular weight is 428 g/mol. The number of rotatable bonds is 7. The molecule has 3 heterocycles. The van der Waals surface area contributed by atoms with Crippen LogP contribution in [0, 0.1) is 5.41 Å². The minimum Gasteiger partial charge on any atom is -0.491 e. The van der Waals surface area contributed by atoms with Crippen LogP contribution in [0.25, 0.3) is 11.3 Å². The number of hydrogen-bond donors (Lipinski definition) is 1. The first kappa shape index (κ1) is 21.4. The summed E-state index contributed by atoms with van der Waals surface area (Å²) in [6, 6.07) is 3.25. The SMILES string of the molecule is COCCCOc1nc2c(cc1OC)-c1cc(=O)c(C(=O)O)cn1[C@H]1[C@@H]2CCC1(C)C. The third-order valence-electron chi connectivity index (χ3n) is 6.45. The lowest BCUT2D eigenvalue weighted by Crippen LogP contribution is -2.32. The van der Waals surface area contributed by atoms with Gasteiger partial charge in [0.25, 0.3) is 5.88 Å². The van der Waals surface area contributed by atoms with Crippen molar-refractivity contribution in [3.05, 3.63) is 39.8 Å². The zero-order valence-corrected chi connectivity index (χ0v) is 18.3. The van der Waals surface area contributed by atoms with Crippen LogP contribution in [-0.2, 0) is 4.74 Å². The Morgan fingerprint density at radius 2 is 2.06 bits per heavy atom. The zero-order chi connectivity index (χ0) is 22.3. The summed E-state index contributed by atoms with van der Waals surface area (Å²) >= 11 is 0. The molecule has 1 aliphatic heterocycles. The van der Waals surface area contributed by atoms with E-state index in [0.717, 1.165) is 30.5 Å². The first-order valence-corrected chi connectivity index (χ1v) is 10.5. The maximum atomic E-state index is 12.5. The van der Waals surface area contributed by atoms with E-state index in [1.165, 1.54) is 12.3 Å². The highest BCUT2D eigenvalue weighted by atomic mass is 16.5. The summed E-state index contributed by atoms with van der Waals surface area (Å²) in [7, 11) is 3.20. The van der Waals surface area contributed by atoms with Gasteiger partial charge in [0.2, 0.25) is 0 Å². The van der Waals surface area contributed by atoms with Crippen LogP contribution in [-0.4, -0.2) is 48.1 Å². The quantitative estimate of drug-likeness (QED) is 0.674. The molecule has 1 fully saturated rings. The number of hydrogen-bond acceptors (Lipinski definition) is 6. The molecule has 2 aromatic rings. The second kappa shape index (κ2) is 8.00. The van der Waals surface area contributed by atoms with Crippen molar-refractivity contribution >= 4 is 5.97 Å². The standard InChI is InChI=1S/C23H28N2O6/c1-23(2)7-6-13-19-14(10-18(30-4)21(24-19)31-9-5-8-29-3)16-11-17(26)15(22(27)28)12-25(16)20(13)23/h10-13,20H,5-9H2,1-4H3,(H,27,28)/t13-,20+/m1/s1. The fourth-order valence-corrected chi connectivity index (χ4v) is 4.99. The van der Waals surface area contributed by atoms with E-state index in [4.69, 9.17) is 19.2 Å². The second-order valence-corrected chi connectivity index (χ2v) is 8.85. The molecule has 0 spiro atoms. The van der Waals surface area contributed by atoms with Gasteiger partial charge in [0.05, 0.1) is 25.1 Å². The Bertz CT molecular complexity index is 1070. The van der Waals surface area contributed by atoms with Crippen molar-refractivity contribution in [3.8, 4) is 22.9 Å². The summed E-state index contributed by atoms with van der Waals surface area (Å²) in [6.45, 7) is 5.40. The summed E-state index contributed by atoms with van der Waals surface area (Å²) in [6.07, 6.45) is 4.11. The Morgan fingerprint density at radius 1 is 1.29 bits per heavy atom. The summed E-state index contributed by atoms with van der Waals surface area (Å²) in [4.78, 5) is 29.0. The molecule has 0 unspecified atom stereocenters. The Balaban J connectivity index is 1.88. The van der Waals surface area contributed by atoms with Crippen molar-refractivity contribution in [1.29, 1.82) is 0 Å². The fourth-order valence-electron chi connectivity index (χ4n) is 4.99. The number of ether oxygens (including phenoxy) is 3. The van der Waals surface area contributed by atoms with E-state index in [-0.39, 0.29) is 22.9 Å². The molecule has 2 aliphatic rings. The van der Waals surface area contributed by atoms with Gasteiger partial charge in [0.1, 0.15) is 5.56 Å². The highest BCUT2D eigenvalue weighted by Crippen LogP contribution is 2.59. The molecule has 0 aromatic carbocycles. The molecule has 31 heavy (non-hydrogen) atoms. The molecule has 2 aromatic heterocycles. The molecule has 2 atom stereocenters. The maximum Gasteiger partial charge on any atom is 0.341 e. The van der Waals surface area contributed by atoms with Crippen molar-refractivity contribution in [2.75, 3.05) is 27.4 Å². The van der Waals surface area contributed by atoms with Crippen LogP contribution >= 0.6 is 0 Å². The van der Waals surface area contributed by atoms with Gasteiger partial charge < -0.3 is 23.9 Å². The van der Waals surface area contributed by atoms with Crippen LogP contribution < -0.4 is 14.9 Å². The first-order chi connectivity index (χ1) is 14.8. The van der Waals surface area contributed by atoms with Crippen molar-refractivity contribution < 1.29 is 24.1 Å². The van der Waals surface area contributed by atoms with Crippen LogP contribution in [0.1, 0.15) is 61.1 Å². The van der Waals surface area contributed by atoms with E-state index < -0.39 is 11.4 Å². The highest BCUT2D eigenvalue weighted by Gasteiger charge is 2.48. The number of aromatic carboxylic acids is 1. The minimum atomic E-state index is -1.21. The zero-order valence-electron chi connectivity index (χ0n) is 18.3. The van der Waals surface area contributed by atoms with Gasteiger partial charge in [-0.05, 0) is 24.3 Å². The van der Waals surface area contributed by atoms with E-state index in [0.29, 0.717) is 30.5 Å². The van der Waals surface area contributed by atoms with Crippen LogP contribution in [0.3, 0.4) is 0 Å². The monoisotopic (exact) mass is 428 g/mol. The van der Waals surface area contributed by atoms with Gasteiger partial charge >= 0.3 is 5.97 Å². The van der Waals surface area contributed by atoms with Gasteiger partial charge in [0, 0.05) is 49.9 Å². The number of methoxy groups -OCH3 is 2. The Labute approximate surface area is 180 Å². The van der Waals surface area contributed by atoms with E-state index in [2.05, 4.69) is 13.8 Å². The predicted molar refractivity (Wildman–Crippen MR) is 114 cm³/mol. The van der Waals surface area contributed by atoms with Gasteiger partial charge in [-0.2, -0.15) is 0 Å². The molecule has 0 bridgehead atoms. The Morgan fingerprint density at radius 3 is 2.74 bits per heavy atom. The molecule has 1 aliphatic carbocycles. The first-order valence-electron chi connectivity index (χ1n) is 10.5. The number of aromatic nitrogens is 2. The van der Waals surface area contributed by atoms with E-state index >= 15 is 0 Å². The number of nitrogens with zero attached hydrogens (tertiary/aromatic N) is 2. The lowest BCUT2D eigenvalue weighted by atomic mass is 9.79. The minimum absolute atomic E-state index is 0.00376. The predicted octanol–water partition coefficient (Wildman–Crippen LogP) is 3.49. The van der Waals surface area contributed by atoms with Crippen molar-refractivity contribution in [3.63, 3.8) is 0 Å². The molecule has 4 rings (SSSR count). The van der Waals surface area contributed by atoms with Gasteiger partial charge in [-0.1, -0.05) is 13.8 Å². The summed E-state index contributed by atoms with van der Waals surface area (Å²) in [5, 5.41) is 9.50. The molecular weight excluding hydrogens is 400 g/mol. The topological polar surface area (TPSA) is 99.9 Å². The molecule has 166 valence electrons. The van der Waals surface area contributed by atoms with E-state index in [9.17, 15) is 14.7 Å². The number of pyridine rings is 2. The van der Waals surface area contributed by atoms with Crippen LogP contribution in [0.2, 0.25) is 0 Å².